The van der Waals surface area contributed by atoms with E-state index in [2.05, 4.69) is 29.3 Å². The standard InChI is InChI=1S/C18H17N3O/c1-2-14-8-10-15(11-9-14)18-16(12-19-22)13-21(20-18)17-6-4-3-5-7-17/h3-13,22H,2H2,1H3/b19-12-. The Bertz CT molecular complexity index is 774. The molecule has 22 heavy (non-hydrogen) atoms. The molecule has 0 aliphatic heterocycles. The van der Waals surface area contributed by atoms with Gasteiger partial charge in [0.05, 0.1) is 11.9 Å². The molecule has 0 unspecified atom stereocenters. The molecule has 0 aliphatic rings. The normalized spacial score (nSPS) is 11.1. The van der Waals surface area contributed by atoms with E-state index in [9.17, 15) is 0 Å². The van der Waals surface area contributed by atoms with Crippen LogP contribution in [0, 0.1) is 0 Å². The van der Waals surface area contributed by atoms with Crippen molar-refractivity contribution in [3.8, 4) is 16.9 Å². The molecule has 0 spiro atoms. The smallest absolute Gasteiger partial charge is 0.102 e. The summed E-state index contributed by atoms with van der Waals surface area (Å²) in [6.45, 7) is 2.13. The zero-order valence-electron chi connectivity index (χ0n) is 12.3. The van der Waals surface area contributed by atoms with E-state index < -0.39 is 0 Å². The van der Waals surface area contributed by atoms with Crippen LogP contribution in [0.4, 0.5) is 0 Å². The van der Waals surface area contributed by atoms with Crippen LogP contribution >= 0.6 is 0 Å². The second kappa shape index (κ2) is 6.26. The van der Waals surface area contributed by atoms with Gasteiger partial charge in [0, 0.05) is 17.3 Å². The van der Waals surface area contributed by atoms with Gasteiger partial charge in [-0.25, -0.2) is 4.68 Å². The molecule has 1 N–H and O–H groups in total. The molecular formula is C18H17N3O. The Balaban J connectivity index is 2.07. The molecule has 2 aromatic carbocycles. The minimum atomic E-state index is 0.774. The Hall–Kier alpha value is -2.88. The first kappa shape index (κ1) is 14.1. The molecule has 0 atom stereocenters. The van der Waals surface area contributed by atoms with Crippen LogP contribution in [0.3, 0.4) is 0 Å². The number of rotatable bonds is 4. The van der Waals surface area contributed by atoms with Gasteiger partial charge in [0.1, 0.15) is 5.69 Å². The Morgan fingerprint density at radius 2 is 1.82 bits per heavy atom. The fourth-order valence-corrected chi connectivity index (χ4v) is 2.38. The summed E-state index contributed by atoms with van der Waals surface area (Å²) in [5.41, 5.74) is 4.82. The Labute approximate surface area is 129 Å². The van der Waals surface area contributed by atoms with Crippen molar-refractivity contribution in [3.05, 3.63) is 71.9 Å². The summed E-state index contributed by atoms with van der Waals surface area (Å²) in [5, 5.41) is 16.7. The lowest BCUT2D eigenvalue weighted by Gasteiger charge is -2.01. The van der Waals surface area contributed by atoms with Crippen LogP contribution in [0.25, 0.3) is 16.9 Å². The van der Waals surface area contributed by atoms with Gasteiger partial charge in [-0.05, 0) is 24.1 Å². The van der Waals surface area contributed by atoms with Crippen molar-refractivity contribution < 1.29 is 5.21 Å². The zero-order chi connectivity index (χ0) is 15.4. The zero-order valence-corrected chi connectivity index (χ0v) is 12.3. The minimum Gasteiger partial charge on any atom is -0.411 e. The highest BCUT2D eigenvalue weighted by molar-refractivity contribution is 5.88. The van der Waals surface area contributed by atoms with Crippen LogP contribution < -0.4 is 0 Å². The van der Waals surface area contributed by atoms with Crippen LogP contribution in [-0.4, -0.2) is 21.2 Å². The van der Waals surface area contributed by atoms with Crippen molar-refractivity contribution in [3.63, 3.8) is 0 Å². The van der Waals surface area contributed by atoms with Crippen molar-refractivity contribution in [1.82, 2.24) is 9.78 Å². The summed E-state index contributed by atoms with van der Waals surface area (Å²) in [6.07, 6.45) is 4.28. The van der Waals surface area contributed by atoms with Crippen molar-refractivity contribution >= 4 is 6.21 Å². The highest BCUT2D eigenvalue weighted by Crippen LogP contribution is 2.23. The first-order valence-electron chi connectivity index (χ1n) is 7.23. The number of aryl methyl sites for hydroxylation is 1. The van der Waals surface area contributed by atoms with Crippen LogP contribution in [0.2, 0.25) is 0 Å². The lowest BCUT2D eigenvalue weighted by molar-refractivity contribution is 0.322. The summed E-state index contributed by atoms with van der Waals surface area (Å²) < 4.78 is 1.79. The van der Waals surface area contributed by atoms with E-state index in [1.54, 1.807) is 4.68 Å². The van der Waals surface area contributed by atoms with E-state index in [0.29, 0.717) is 0 Å². The van der Waals surface area contributed by atoms with Gasteiger partial charge in [-0.15, -0.1) is 0 Å². The predicted molar refractivity (Wildman–Crippen MR) is 87.8 cm³/mol. The molecule has 0 saturated carbocycles. The summed E-state index contributed by atoms with van der Waals surface area (Å²) in [6, 6.07) is 18.1. The van der Waals surface area contributed by atoms with Gasteiger partial charge in [0.2, 0.25) is 0 Å². The quantitative estimate of drug-likeness (QED) is 0.450. The molecule has 0 radical (unpaired) electrons. The van der Waals surface area contributed by atoms with Gasteiger partial charge in [-0.1, -0.05) is 54.5 Å². The Kier molecular flexibility index (Phi) is 4.01. The molecule has 1 heterocycles. The van der Waals surface area contributed by atoms with Gasteiger partial charge in [0.15, 0.2) is 0 Å². The maximum atomic E-state index is 8.89. The van der Waals surface area contributed by atoms with Gasteiger partial charge >= 0.3 is 0 Å². The SMILES string of the molecule is CCc1ccc(-c2nn(-c3ccccc3)cc2/C=N\O)cc1. The van der Waals surface area contributed by atoms with Gasteiger partial charge in [0.25, 0.3) is 0 Å². The highest BCUT2D eigenvalue weighted by atomic mass is 16.4. The van der Waals surface area contributed by atoms with Gasteiger partial charge in [-0.3, -0.25) is 0 Å². The monoisotopic (exact) mass is 291 g/mol. The summed E-state index contributed by atoms with van der Waals surface area (Å²) >= 11 is 0. The first-order valence-corrected chi connectivity index (χ1v) is 7.23. The van der Waals surface area contributed by atoms with Gasteiger partial charge in [-0.2, -0.15) is 5.10 Å². The second-order valence-corrected chi connectivity index (χ2v) is 5.01. The average Bonchev–Trinajstić information content (AvgIpc) is 3.00. The fraction of sp³-hybridized carbons (Fsp3) is 0.111. The molecule has 0 fully saturated rings. The van der Waals surface area contributed by atoms with E-state index in [-0.39, 0.29) is 0 Å². The minimum absolute atomic E-state index is 0.774. The molecule has 0 bridgehead atoms. The molecule has 3 rings (SSSR count). The van der Waals surface area contributed by atoms with Crippen molar-refractivity contribution in [2.75, 3.05) is 0 Å². The van der Waals surface area contributed by atoms with Crippen LogP contribution in [0.5, 0.6) is 0 Å². The Morgan fingerprint density at radius 3 is 2.45 bits per heavy atom. The molecular weight excluding hydrogens is 274 g/mol. The number of para-hydroxylation sites is 1. The number of hydrogen-bond donors (Lipinski definition) is 1. The van der Waals surface area contributed by atoms with Crippen molar-refractivity contribution in [2.45, 2.75) is 13.3 Å². The van der Waals surface area contributed by atoms with Crippen LogP contribution in [0.15, 0.2) is 65.9 Å². The molecule has 0 aliphatic carbocycles. The number of benzene rings is 2. The maximum Gasteiger partial charge on any atom is 0.102 e. The molecule has 110 valence electrons. The van der Waals surface area contributed by atoms with Crippen molar-refractivity contribution in [2.24, 2.45) is 5.16 Å². The Morgan fingerprint density at radius 1 is 1.09 bits per heavy atom. The third-order valence-electron chi connectivity index (χ3n) is 3.60. The fourth-order valence-electron chi connectivity index (χ4n) is 2.38. The van der Waals surface area contributed by atoms with E-state index in [4.69, 9.17) is 5.21 Å². The molecule has 0 saturated heterocycles. The molecule has 4 nitrogen and oxygen atoms in total. The highest BCUT2D eigenvalue weighted by Gasteiger charge is 2.11. The summed E-state index contributed by atoms with van der Waals surface area (Å²) in [4.78, 5) is 0. The van der Waals surface area contributed by atoms with Crippen molar-refractivity contribution in [1.29, 1.82) is 0 Å². The van der Waals surface area contributed by atoms with E-state index in [1.165, 1.54) is 11.8 Å². The predicted octanol–water partition coefficient (Wildman–Crippen LogP) is 3.91. The second-order valence-electron chi connectivity index (χ2n) is 5.01. The summed E-state index contributed by atoms with van der Waals surface area (Å²) in [7, 11) is 0. The average molecular weight is 291 g/mol. The van der Waals surface area contributed by atoms with Crippen LogP contribution in [0.1, 0.15) is 18.1 Å². The van der Waals surface area contributed by atoms with Gasteiger partial charge < -0.3 is 5.21 Å². The first-order chi connectivity index (χ1) is 10.8. The third-order valence-corrected chi connectivity index (χ3v) is 3.60. The molecule has 1 aromatic heterocycles. The number of nitrogens with zero attached hydrogens (tertiary/aromatic N) is 3. The lowest BCUT2D eigenvalue weighted by Crippen LogP contribution is -1.94. The summed E-state index contributed by atoms with van der Waals surface area (Å²) in [5.74, 6) is 0. The largest absolute Gasteiger partial charge is 0.411 e. The van der Waals surface area contributed by atoms with E-state index >= 15 is 0 Å². The lowest BCUT2D eigenvalue weighted by atomic mass is 10.1. The topological polar surface area (TPSA) is 50.4 Å². The molecule has 3 aromatic rings. The number of aromatic nitrogens is 2. The molecule has 0 amide bonds. The van der Waals surface area contributed by atoms with E-state index in [0.717, 1.165) is 28.9 Å². The molecule has 4 heteroatoms. The third kappa shape index (κ3) is 2.76. The number of hydrogen-bond acceptors (Lipinski definition) is 3. The number of oxime groups is 1. The van der Waals surface area contributed by atoms with Crippen LogP contribution in [-0.2, 0) is 6.42 Å². The van der Waals surface area contributed by atoms with E-state index in [1.807, 2.05) is 48.7 Å². The maximum absolute atomic E-state index is 8.89.